The highest BCUT2D eigenvalue weighted by Crippen LogP contribution is 2.41. The molecule has 0 saturated carbocycles. The highest BCUT2D eigenvalue weighted by atomic mass is 16.4. The molecule has 0 radical (unpaired) electrons. The van der Waals surface area contributed by atoms with E-state index in [9.17, 15) is 9.59 Å². The summed E-state index contributed by atoms with van der Waals surface area (Å²) < 4.78 is 0. The number of rotatable bonds is 1. The maximum atomic E-state index is 12.1. The zero-order chi connectivity index (χ0) is 13.4. The molecule has 3 rings (SSSR count). The number of anilines is 1. The van der Waals surface area contributed by atoms with Crippen LogP contribution in [-0.4, -0.2) is 35.1 Å². The molecule has 100 valence electrons. The highest BCUT2D eigenvalue weighted by molar-refractivity contribution is 6.03. The summed E-state index contributed by atoms with van der Waals surface area (Å²) in [6.45, 7) is 1.04. The fourth-order valence-electron chi connectivity index (χ4n) is 3.13. The van der Waals surface area contributed by atoms with E-state index in [-0.39, 0.29) is 17.7 Å². The molecule has 2 aliphatic rings. The molecule has 0 bridgehead atoms. The van der Waals surface area contributed by atoms with Crippen molar-refractivity contribution in [2.75, 3.05) is 18.4 Å². The van der Waals surface area contributed by atoms with Crippen LogP contribution >= 0.6 is 0 Å². The Hall–Kier alpha value is -2.04. The second kappa shape index (κ2) is 4.57. The van der Waals surface area contributed by atoms with Gasteiger partial charge in [-0.25, -0.2) is 4.79 Å². The van der Waals surface area contributed by atoms with Gasteiger partial charge in [0.15, 0.2) is 0 Å². The number of para-hydroxylation sites is 1. The Morgan fingerprint density at radius 2 is 1.95 bits per heavy atom. The molecule has 2 aliphatic heterocycles. The van der Waals surface area contributed by atoms with E-state index in [1.54, 1.807) is 0 Å². The number of nitrogens with one attached hydrogen (secondary N) is 1. The molecule has 19 heavy (non-hydrogen) atoms. The molecular formula is C14H16N2O3. The number of amides is 2. The van der Waals surface area contributed by atoms with Gasteiger partial charge in [-0.05, 0) is 30.4 Å². The van der Waals surface area contributed by atoms with Crippen LogP contribution in [0.5, 0.6) is 0 Å². The third-order valence-electron chi connectivity index (χ3n) is 4.12. The van der Waals surface area contributed by atoms with Crippen LogP contribution in [0, 0.1) is 5.92 Å². The van der Waals surface area contributed by atoms with Crippen LogP contribution in [0.25, 0.3) is 0 Å². The van der Waals surface area contributed by atoms with E-state index in [4.69, 9.17) is 5.11 Å². The Kier molecular flexibility index (Phi) is 2.89. The Labute approximate surface area is 111 Å². The van der Waals surface area contributed by atoms with Gasteiger partial charge in [0.2, 0.25) is 5.91 Å². The minimum absolute atomic E-state index is 0.0509. The summed E-state index contributed by atoms with van der Waals surface area (Å²) in [5.41, 5.74) is 1.96. The van der Waals surface area contributed by atoms with E-state index in [0.29, 0.717) is 13.1 Å². The fourth-order valence-corrected chi connectivity index (χ4v) is 3.13. The van der Waals surface area contributed by atoms with Gasteiger partial charge in [-0.2, -0.15) is 0 Å². The van der Waals surface area contributed by atoms with Gasteiger partial charge in [-0.15, -0.1) is 0 Å². The number of benzene rings is 1. The Morgan fingerprint density at radius 1 is 1.26 bits per heavy atom. The Morgan fingerprint density at radius 3 is 2.63 bits per heavy atom. The summed E-state index contributed by atoms with van der Waals surface area (Å²) in [5.74, 6) is 0.168. The van der Waals surface area contributed by atoms with Crippen LogP contribution in [0.3, 0.4) is 0 Å². The van der Waals surface area contributed by atoms with Gasteiger partial charge in [0, 0.05) is 18.8 Å². The van der Waals surface area contributed by atoms with E-state index < -0.39 is 6.09 Å². The Bertz CT molecular complexity index is 521. The van der Waals surface area contributed by atoms with Gasteiger partial charge in [-0.1, -0.05) is 18.2 Å². The zero-order valence-corrected chi connectivity index (χ0v) is 10.5. The molecule has 0 aromatic heterocycles. The monoisotopic (exact) mass is 260 g/mol. The molecule has 5 heteroatoms. The van der Waals surface area contributed by atoms with E-state index in [1.807, 2.05) is 24.3 Å². The summed E-state index contributed by atoms with van der Waals surface area (Å²) >= 11 is 0. The van der Waals surface area contributed by atoms with Crippen LogP contribution in [0.2, 0.25) is 0 Å². The van der Waals surface area contributed by atoms with Crippen molar-refractivity contribution in [3.05, 3.63) is 29.8 Å². The molecule has 0 spiro atoms. The molecule has 1 saturated heterocycles. The summed E-state index contributed by atoms with van der Waals surface area (Å²) in [7, 11) is 0. The fraction of sp³-hybridized carbons (Fsp3) is 0.429. The predicted molar refractivity (Wildman–Crippen MR) is 70.1 cm³/mol. The van der Waals surface area contributed by atoms with Crippen LogP contribution in [0.15, 0.2) is 24.3 Å². The van der Waals surface area contributed by atoms with Crippen LogP contribution in [0.4, 0.5) is 10.5 Å². The molecular weight excluding hydrogens is 244 g/mol. The smallest absolute Gasteiger partial charge is 0.407 e. The van der Waals surface area contributed by atoms with Crippen molar-refractivity contribution in [1.29, 1.82) is 0 Å². The molecule has 1 fully saturated rings. The van der Waals surface area contributed by atoms with E-state index in [2.05, 4.69) is 5.32 Å². The number of carboxylic acid groups (broad SMARTS) is 1. The van der Waals surface area contributed by atoms with Crippen molar-refractivity contribution < 1.29 is 14.7 Å². The lowest BCUT2D eigenvalue weighted by Gasteiger charge is -2.32. The quantitative estimate of drug-likeness (QED) is 0.812. The lowest BCUT2D eigenvalue weighted by atomic mass is 9.81. The second-order valence-electron chi connectivity index (χ2n) is 5.16. The van der Waals surface area contributed by atoms with Gasteiger partial charge < -0.3 is 15.3 Å². The molecule has 2 N–H and O–H groups in total. The first-order chi connectivity index (χ1) is 9.16. The average molecular weight is 260 g/mol. The minimum Gasteiger partial charge on any atom is -0.465 e. The molecule has 1 aromatic carbocycles. The van der Waals surface area contributed by atoms with Crippen molar-refractivity contribution >= 4 is 17.7 Å². The van der Waals surface area contributed by atoms with E-state index in [1.165, 1.54) is 4.90 Å². The van der Waals surface area contributed by atoms with Crippen molar-refractivity contribution in [1.82, 2.24) is 4.90 Å². The van der Waals surface area contributed by atoms with Gasteiger partial charge in [0.05, 0.1) is 5.92 Å². The van der Waals surface area contributed by atoms with Crippen molar-refractivity contribution in [2.45, 2.75) is 18.8 Å². The second-order valence-corrected chi connectivity index (χ2v) is 5.16. The molecule has 0 aliphatic carbocycles. The predicted octanol–water partition coefficient (Wildman–Crippen LogP) is 2.11. The van der Waals surface area contributed by atoms with Crippen molar-refractivity contribution in [3.8, 4) is 0 Å². The highest BCUT2D eigenvalue weighted by Gasteiger charge is 2.38. The third kappa shape index (κ3) is 2.05. The number of likely N-dealkylation sites (tertiary alicyclic amines) is 1. The molecule has 1 atom stereocenters. The largest absolute Gasteiger partial charge is 0.465 e. The van der Waals surface area contributed by atoms with Gasteiger partial charge in [0.25, 0.3) is 0 Å². The minimum atomic E-state index is -0.866. The normalized spacial score (nSPS) is 23.1. The Balaban J connectivity index is 1.77. The molecule has 5 nitrogen and oxygen atoms in total. The van der Waals surface area contributed by atoms with E-state index in [0.717, 1.165) is 24.1 Å². The average Bonchev–Trinajstić information content (AvgIpc) is 2.74. The number of hydrogen-bond donors (Lipinski definition) is 2. The number of fused-ring (bicyclic) bond motifs is 1. The SMILES string of the molecule is O=C1Nc2ccccc2C1C1CCN(C(=O)O)CC1. The summed E-state index contributed by atoms with van der Waals surface area (Å²) in [4.78, 5) is 24.4. The molecule has 1 unspecified atom stereocenters. The number of piperidine rings is 1. The van der Waals surface area contributed by atoms with Gasteiger partial charge in [0.1, 0.15) is 0 Å². The topological polar surface area (TPSA) is 69.6 Å². The van der Waals surface area contributed by atoms with Crippen LogP contribution < -0.4 is 5.32 Å². The first kappa shape index (κ1) is 12.0. The number of hydrogen-bond acceptors (Lipinski definition) is 2. The van der Waals surface area contributed by atoms with Crippen molar-refractivity contribution in [3.63, 3.8) is 0 Å². The number of carbonyl (C=O) groups is 2. The summed E-state index contributed by atoms with van der Waals surface area (Å²) in [6.07, 6.45) is 0.631. The third-order valence-corrected chi connectivity index (χ3v) is 4.12. The van der Waals surface area contributed by atoms with Crippen LogP contribution in [0.1, 0.15) is 24.3 Å². The van der Waals surface area contributed by atoms with Crippen LogP contribution in [-0.2, 0) is 4.79 Å². The lowest BCUT2D eigenvalue weighted by Crippen LogP contribution is -2.39. The first-order valence-electron chi connectivity index (χ1n) is 6.54. The molecule has 1 aromatic rings. The lowest BCUT2D eigenvalue weighted by molar-refractivity contribution is -0.118. The molecule has 2 heterocycles. The first-order valence-corrected chi connectivity index (χ1v) is 6.54. The summed E-state index contributed by atoms with van der Waals surface area (Å²) in [5, 5.41) is 11.9. The van der Waals surface area contributed by atoms with Gasteiger partial charge >= 0.3 is 6.09 Å². The maximum absolute atomic E-state index is 12.1. The van der Waals surface area contributed by atoms with Gasteiger partial charge in [-0.3, -0.25) is 4.79 Å². The zero-order valence-electron chi connectivity index (χ0n) is 10.5. The number of carbonyl (C=O) groups excluding carboxylic acids is 1. The molecule has 2 amide bonds. The summed E-state index contributed by atoms with van der Waals surface area (Å²) in [6, 6.07) is 7.76. The standard InChI is InChI=1S/C14H16N2O3/c17-13-12(10-3-1-2-4-11(10)15-13)9-5-7-16(8-6-9)14(18)19/h1-4,9,12H,5-8H2,(H,15,17)(H,18,19). The maximum Gasteiger partial charge on any atom is 0.407 e. The van der Waals surface area contributed by atoms with E-state index >= 15 is 0 Å². The number of nitrogens with zero attached hydrogens (tertiary/aromatic N) is 1. The van der Waals surface area contributed by atoms with Crippen molar-refractivity contribution in [2.24, 2.45) is 5.92 Å².